The van der Waals surface area contributed by atoms with E-state index in [0.29, 0.717) is 29.5 Å². The average Bonchev–Trinajstić information content (AvgIpc) is 2.72. The molecule has 156 valence electrons. The Morgan fingerprint density at radius 2 is 1.83 bits per heavy atom. The fourth-order valence-corrected chi connectivity index (χ4v) is 3.88. The predicted octanol–water partition coefficient (Wildman–Crippen LogP) is 1.72. The normalized spacial score (nSPS) is 19.0. The van der Waals surface area contributed by atoms with Gasteiger partial charge in [0.15, 0.2) is 17.3 Å². The maximum atomic E-state index is 12.9. The Kier molecular flexibility index (Phi) is 6.64. The number of carbonyl (C=O) groups is 1. The van der Waals surface area contributed by atoms with Crippen molar-refractivity contribution in [3.05, 3.63) is 47.0 Å². The quantitative estimate of drug-likeness (QED) is 0.693. The Morgan fingerprint density at radius 3 is 2.48 bits per heavy atom. The molecule has 0 atom stereocenters. The maximum absolute atomic E-state index is 12.9. The second-order valence-electron chi connectivity index (χ2n) is 7.84. The Labute approximate surface area is 171 Å². The van der Waals surface area contributed by atoms with Crippen LogP contribution in [0.2, 0.25) is 0 Å². The molecule has 1 heterocycles. The summed E-state index contributed by atoms with van der Waals surface area (Å²) in [7, 11) is 3.09. The van der Waals surface area contributed by atoms with Crippen molar-refractivity contribution >= 4 is 5.78 Å². The van der Waals surface area contributed by atoms with Crippen LogP contribution < -0.4 is 19.5 Å². The van der Waals surface area contributed by atoms with Crippen LogP contribution in [-0.2, 0) is 13.0 Å². The molecule has 0 radical (unpaired) electrons. The summed E-state index contributed by atoms with van der Waals surface area (Å²) in [6.45, 7) is 4.64. The number of ether oxygens (including phenoxy) is 2. The van der Waals surface area contributed by atoms with Crippen LogP contribution in [0.4, 0.5) is 0 Å². The molecule has 0 bridgehead atoms. The van der Waals surface area contributed by atoms with E-state index in [9.17, 15) is 15.0 Å². The number of piperidine rings is 1. The van der Waals surface area contributed by atoms with Gasteiger partial charge in [0.2, 0.25) is 0 Å². The smallest absolute Gasteiger partial charge is 0.166 e. The molecule has 6 heteroatoms. The number of carbonyl (C=O) groups excluding carboxylic acids is 1. The van der Waals surface area contributed by atoms with Gasteiger partial charge in [-0.3, -0.25) is 4.79 Å². The zero-order valence-electron chi connectivity index (χ0n) is 17.3. The van der Waals surface area contributed by atoms with Crippen molar-refractivity contribution in [2.24, 2.45) is 5.92 Å². The second-order valence-corrected chi connectivity index (χ2v) is 7.84. The van der Waals surface area contributed by atoms with Gasteiger partial charge in [-0.25, -0.2) is 0 Å². The van der Waals surface area contributed by atoms with Crippen molar-refractivity contribution < 1.29 is 29.4 Å². The molecule has 0 aliphatic carbocycles. The topological polar surface area (TPSA) is 83.3 Å². The molecule has 1 aliphatic heterocycles. The summed E-state index contributed by atoms with van der Waals surface area (Å²) in [5, 5.41) is 23.2. The Morgan fingerprint density at radius 1 is 1.14 bits per heavy atom. The second kappa shape index (κ2) is 9.18. The number of likely N-dealkylation sites (tertiary alicyclic amines) is 1. The Balaban J connectivity index is 1.79. The molecule has 2 N–H and O–H groups in total. The summed E-state index contributed by atoms with van der Waals surface area (Å²) >= 11 is 0. The monoisotopic (exact) mass is 399 g/mol. The zero-order chi connectivity index (χ0) is 21.0. The maximum Gasteiger partial charge on any atom is 0.166 e. The molecule has 0 spiro atoms. The largest absolute Gasteiger partial charge is 0.872 e. The van der Waals surface area contributed by atoms with Gasteiger partial charge < -0.3 is 24.6 Å². The van der Waals surface area contributed by atoms with Crippen LogP contribution in [0.3, 0.4) is 0 Å². The Hall–Kier alpha value is -2.73. The van der Waals surface area contributed by atoms with Crippen molar-refractivity contribution in [1.82, 2.24) is 0 Å². The van der Waals surface area contributed by atoms with Crippen LogP contribution >= 0.6 is 0 Å². The molecule has 2 aromatic carbocycles. The fourth-order valence-electron chi connectivity index (χ4n) is 3.88. The molecule has 3 rings (SSSR count). The first-order chi connectivity index (χ1) is 13.9. The minimum Gasteiger partial charge on any atom is -0.872 e. The van der Waals surface area contributed by atoms with Crippen LogP contribution in [0.15, 0.2) is 30.3 Å². The molecule has 0 amide bonds. The van der Waals surface area contributed by atoms with Gasteiger partial charge in [-0.1, -0.05) is 18.7 Å². The number of ketones is 1. The lowest BCUT2D eigenvalue weighted by atomic mass is 9.96. The van der Waals surface area contributed by atoms with E-state index in [1.54, 1.807) is 25.3 Å². The van der Waals surface area contributed by atoms with E-state index < -0.39 is 0 Å². The molecule has 0 aromatic heterocycles. The fraction of sp³-hybridized carbons (Fsp3) is 0.435. The number of hydrogen-bond donors (Lipinski definition) is 2. The van der Waals surface area contributed by atoms with Crippen molar-refractivity contribution in [3.8, 4) is 23.0 Å². The highest BCUT2D eigenvalue weighted by molar-refractivity contribution is 6.00. The number of methoxy groups -OCH3 is 2. The van der Waals surface area contributed by atoms with Crippen molar-refractivity contribution in [3.63, 3.8) is 0 Å². The lowest BCUT2D eigenvalue weighted by molar-refractivity contribution is -0.919. The van der Waals surface area contributed by atoms with Crippen LogP contribution in [0, 0.1) is 5.92 Å². The minimum atomic E-state index is -0.360. The van der Waals surface area contributed by atoms with E-state index in [1.165, 1.54) is 24.1 Å². The summed E-state index contributed by atoms with van der Waals surface area (Å²) < 4.78 is 10.5. The van der Waals surface area contributed by atoms with Crippen LogP contribution in [0.5, 0.6) is 23.0 Å². The van der Waals surface area contributed by atoms with E-state index in [4.69, 9.17) is 9.47 Å². The van der Waals surface area contributed by atoms with E-state index in [0.717, 1.165) is 31.5 Å². The highest BCUT2D eigenvalue weighted by Crippen LogP contribution is 2.31. The third-order valence-electron chi connectivity index (χ3n) is 5.76. The molecule has 1 saturated heterocycles. The van der Waals surface area contributed by atoms with Gasteiger partial charge in [-0.2, -0.15) is 0 Å². The van der Waals surface area contributed by atoms with Crippen molar-refractivity contribution in [2.75, 3.05) is 27.3 Å². The molecular weight excluding hydrogens is 370 g/mol. The first kappa shape index (κ1) is 21.0. The molecule has 1 aliphatic rings. The molecule has 29 heavy (non-hydrogen) atoms. The highest BCUT2D eigenvalue weighted by atomic mass is 16.5. The number of nitrogens with one attached hydrogen (secondary N) is 1. The third-order valence-corrected chi connectivity index (χ3v) is 5.76. The van der Waals surface area contributed by atoms with Gasteiger partial charge in [0, 0.05) is 17.5 Å². The van der Waals surface area contributed by atoms with Crippen LogP contribution in [-0.4, -0.2) is 38.2 Å². The van der Waals surface area contributed by atoms with Crippen LogP contribution in [0.1, 0.15) is 41.3 Å². The summed E-state index contributed by atoms with van der Waals surface area (Å²) in [6.07, 6.45) is 2.30. The number of phenolic OH excluding ortho intramolecular Hbond substituents is 1. The number of phenols is 1. The van der Waals surface area contributed by atoms with E-state index in [1.807, 2.05) is 0 Å². The zero-order valence-corrected chi connectivity index (χ0v) is 17.3. The number of aromatic hydroxyl groups is 1. The Bertz CT molecular complexity index is 872. The van der Waals surface area contributed by atoms with E-state index in [2.05, 4.69) is 6.92 Å². The summed E-state index contributed by atoms with van der Waals surface area (Å²) in [6, 6.07) is 8.15. The standard InChI is InChI=1S/C23H29NO5/c1-15-8-10-24(11-9-15)14-18-19(25)6-5-17(23(18)27)20(26)12-16-4-7-21(28-2)22(13-16)29-3/h4-7,13,15,25,27H,8-12,14H2,1-3H3. The summed E-state index contributed by atoms with van der Waals surface area (Å²) in [4.78, 5) is 14.1. The third kappa shape index (κ3) is 4.82. The summed E-state index contributed by atoms with van der Waals surface area (Å²) in [5.41, 5.74) is 1.20. The van der Waals surface area contributed by atoms with Gasteiger partial charge in [-0.05, 0) is 48.6 Å². The molecule has 6 nitrogen and oxygen atoms in total. The van der Waals surface area contributed by atoms with Gasteiger partial charge in [0.25, 0.3) is 0 Å². The van der Waals surface area contributed by atoms with Gasteiger partial charge >= 0.3 is 0 Å². The predicted molar refractivity (Wildman–Crippen MR) is 108 cm³/mol. The average molecular weight is 399 g/mol. The van der Waals surface area contributed by atoms with Gasteiger partial charge in [0.1, 0.15) is 12.3 Å². The number of benzene rings is 2. The minimum absolute atomic E-state index is 0.0243. The molecule has 2 aromatic rings. The van der Waals surface area contributed by atoms with Crippen molar-refractivity contribution in [2.45, 2.75) is 32.7 Å². The number of Topliss-reactive ketones (excluding diaryl/α,β-unsaturated/α-hetero) is 1. The first-order valence-corrected chi connectivity index (χ1v) is 10.0. The molecular formula is C23H29NO5. The van der Waals surface area contributed by atoms with E-state index >= 15 is 0 Å². The van der Waals surface area contributed by atoms with Gasteiger partial charge in [0.05, 0.1) is 27.3 Å². The first-order valence-electron chi connectivity index (χ1n) is 10.0. The molecule has 1 fully saturated rings. The highest BCUT2D eigenvalue weighted by Gasteiger charge is 2.22. The number of hydrogen-bond acceptors (Lipinski definition) is 5. The van der Waals surface area contributed by atoms with E-state index in [-0.39, 0.29) is 29.3 Å². The number of quaternary nitrogens is 1. The van der Waals surface area contributed by atoms with Crippen LogP contribution in [0.25, 0.3) is 0 Å². The lowest BCUT2D eigenvalue weighted by Crippen LogP contribution is -3.11. The number of rotatable bonds is 7. The molecule has 0 saturated carbocycles. The summed E-state index contributed by atoms with van der Waals surface area (Å²) in [5.74, 6) is 1.16. The lowest BCUT2D eigenvalue weighted by Gasteiger charge is -2.29. The van der Waals surface area contributed by atoms with Gasteiger partial charge in [-0.15, -0.1) is 0 Å². The molecule has 0 unspecified atom stereocenters. The van der Waals surface area contributed by atoms with Crippen molar-refractivity contribution in [1.29, 1.82) is 0 Å². The SMILES string of the molecule is COc1ccc(CC(=O)c2ccc(O)c(C[NH+]3CCC(C)CC3)c2[O-])cc1OC.